The minimum atomic E-state index is -0.782. The van der Waals surface area contributed by atoms with Crippen molar-refractivity contribution in [3.05, 3.63) is 80.6 Å². The van der Waals surface area contributed by atoms with E-state index in [9.17, 15) is 19.7 Å². The van der Waals surface area contributed by atoms with Gasteiger partial charge in [-0.15, -0.1) is 0 Å². The van der Waals surface area contributed by atoms with Crippen molar-refractivity contribution < 1.29 is 19.2 Å². The van der Waals surface area contributed by atoms with E-state index in [4.69, 9.17) is 27.9 Å². The standard InChI is InChI=1S/C19H15Cl2N7O5/c20-12-6-7-14(13(21)8-12)33-9-15(29)24-25-17-16(28(31)32)18(23-10-22-17)26-27-19(30)11-4-2-1-3-5-11/h1-8,10H,9H2,(H,24,29)(H,27,30)(H2,22,23,25,26). The van der Waals surface area contributed by atoms with Crippen LogP contribution in [-0.4, -0.2) is 33.3 Å². The Morgan fingerprint density at radius 2 is 1.67 bits per heavy atom. The summed E-state index contributed by atoms with van der Waals surface area (Å²) in [6.45, 7) is -0.453. The molecular formula is C19H15Cl2N7O5. The number of carbonyl (C=O) groups excluding carboxylic acids is 2. The minimum absolute atomic E-state index is 0.211. The number of aromatic nitrogens is 2. The van der Waals surface area contributed by atoms with Crippen molar-refractivity contribution in [3.63, 3.8) is 0 Å². The summed E-state index contributed by atoms with van der Waals surface area (Å²) in [5.41, 5.74) is 8.96. The Balaban J connectivity index is 1.62. The molecule has 0 aliphatic carbocycles. The van der Waals surface area contributed by atoms with Crippen LogP contribution >= 0.6 is 23.2 Å². The van der Waals surface area contributed by atoms with Crippen LogP contribution in [0.15, 0.2) is 54.9 Å². The van der Waals surface area contributed by atoms with E-state index >= 15 is 0 Å². The Morgan fingerprint density at radius 3 is 2.30 bits per heavy atom. The molecule has 0 saturated carbocycles. The van der Waals surface area contributed by atoms with Gasteiger partial charge < -0.3 is 4.74 Å². The number of rotatable bonds is 9. The van der Waals surface area contributed by atoms with E-state index in [1.807, 2.05) is 0 Å². The Bertz CT molecular complexity index is 1180. The quantitative estimate of drug-likeness (QED) is 0.260. The van der Waals surface area contributed by atoms with Gasteiger partial charge in [0.2, 0.25) is 11.6 Å². The lowest BCUT2D eigenvalue weighted by Crippen LogP contribution is -2.34. The third kappa shape index (κ3) is 6.41. The first-order chi connectivity index (χ1) is 15.8. The summed E-state index contributed by atoms with van der Waals surface area (Å²) in [7, 11) is 0. The number of hydrogen-bond donors (Lipinski definition) is 4. The van der Waals surface area contributed by atoms with Crippen LogP contribution in [0.4, 0.5) is 17.3 Å². The summed E-state index contributed by atoms with van der Waals surface area (Å²) < 4.78 is 5.28. The van der Waals surface area contributed by atoms with Gasteiger partial charge in [-0.1, -0.05) is 41.4 Å². The van der Waals surface area contributed by atoms with Gasteiger partial charge in [0, 0.05) is 10.6 Å². The second-order valence-electron chi connectivity index (χ2n) is 6.16. The average Bonchev–Trinajstić information content (AvgIpc) is 2.81. The summed E-state index contributed by atoms with van der Waals surface area (Å²) in [6, 6.07) is 12.7. The normalized spacial score (nSPS) is 10.1. The first-order valence-electron chi connectivity index (χ1n) is 9.08. The zero-order valence-corrected chi connectivity index (χ0v) is 18.1. The molecule has 2 aromatic carbocycles. The number of hydrazine groups is 2. The molecular weight excluding hydrogens is 477 g/mol. The van der Waals surface area contributed by atoms with Gasteiger partial charge in [0.25, 0.3) is 11.8 Å². The van der Waals surface area contributed by atoms with Crippen molar-refractivity contribution in [1.82, 2.24) is 20.8 Å². The molecule has 0 saturated heterocycles. The highest BCUT2D eigenvalue weighted by atomic mass is 35.5. The highest BCUT2D eigenvalue weighted by Crippen LogP contribution is 2.28. The maximum Gasteiger partial charge on any atom is 0.356 e. The van der Waals surface area contributed by atoms with E-state index in [0.29, 0.717) is 10.6 Å². The smallest absolute Gasteiger partial charge is 0.356 e. The Labute approximate surface area is 196 Å². The number of benzene rings is 2. The number of nitrogens with zero attached hydrogens (tertiary/aromatic N) is 3. The SMILES string of the molecule is O=C(COc1ccc(Cl)cc1Cl)NNc1ncnc(NNC(=O)c2ccccc2)c1[N+](=O)[O-]. The second kappa shape index (κ2) is 10.9. The van der Waals surface area contributed by atoms with Crippen LogP contribution in [0.3, 0.4) is 0 Å². The molecule has 0 atom stereocenters. The molecule has 170 valence electrons. The highest BCUT2D eigenvalue weighted by molar-refractivity contribution is 6.35. The van der Waals surface area contributed by atoms with Crippen molar-refractivity contribution in [2.75, 3.05) is 17.5 Å². The molecule has 3 rings (SSSR count). The summed E-state index contributed by atoms with van der Waals surface area (Å²) in [5, 5.41) is 12.2. The van der Waals surface area contributed by atoms with E-state index in [1.165, 1.54) is 18.2 Å². The van der Waals surface area contributed by atoms with Crippen LogP contribution in [0.2, 0.25) is 10.0 Å². The van der Waals surface area contributed by atoms with Crippen LogP contribution in [-0.2, 0) is 4.79 Å². The second-order valence-corrected chi connectivity index (χ2v) is 7.00. The first-order valence-corrected chi connectivity index (χ1v) is 9.84. The van der Waals surface area contributed by atoms with Gasteiger partial charge in [-0.2, -0.15) is 0 Å². The van der Waals surface area contributed by atoms with Crippen LogP contribution < -0.4 is 26.4 Å². The molecule has 0 spiro atoms. The molecule has 0 radical (unpaired) electrons. The van der Waals surface area contributed by atoms with Gasteiger partial charge in [0.1, 0.15) is 12.1 Å². The Kier molecular flexibility index (Phi) is 7.78. The molecule has 0 aliphatic heterocycles. The predicted molar refractivity (Wildman–Crippen MR) is 120 cm³/mol. The summed E-state index contributed by atoms with van der Waals surface area (Å²) in [4.78, 5) is 42.5. The van der Waals surface area contributed by atoms with E-state index in [1.54, 1.807) is 30.3 Å². The predicted octanol–water partition coefficient (Wildman–Crippen LogP) is 2.97. The van der Waals surface area contributed by atoms with Crippen LogP contribution in [0.5, 0.6) is 5.75 Å². The van der Waals surface area contributed by atoms with Gasteiger partial charge in [0.05, 0.1) is 9.95 Å². The molecule has 0 unspecified atom stereocenters. The van der Waals surface area contributed by atoms with E-state index in [2.05, 4.69) is 31.7 Å². The molecule has 0 bridgehead atoms. The van der Waals surface area contributed by atoms with Crippen molar-refractivity contribution in [2.24, 2.45) is 0 Å². The molecule has 1 aromatic heterocycles. The topological polar surface area (TPSA) is 160 Å². The number of anilines is 2. The van der Waals surface area contributed by atoms with Crippen LogP contribution in [0.1, 0.15) is 10.4 Å². The number of ether oxygens (including phenoxy) is 1. The van der Waals surface area contributed by atoms with Gasteiger partial charge in [-0.05, 0) is 30.3 Å². The fraction of sp³-hybridized carbons (Fsp3) is 0.0526. The molecule has 14 heteroatoms. The van der Waals surface area contributed by atoms with Gasteiger partial charge in [-0.25, -0.2) is 9.97 Å². The first kappa shape index (κ1) is 23.5. The molecule has 12 nitrogen and oxygen atoms in total. The highest BCUT2D eigenvalue weighted by Gasteiger charge is 2.24. The Morgan fingerprint density at radius 1 is 1.00 bits per heavy atom. The number of nitrogens with one attached hydrogen (secondary N) is 4. The average molecular weight is 492 g/mol. The minimum Gasteiger partial charge on any atom is -0.482 e. The number of hydrogen-bond acceptors (Lipinski definition) is 9. The van der Waals surface area contributed by atoms with E-state index in [0.717, 1.165) is 6.33 Å². The molecule has 2 amide bonds. The monoisotopic (exact) mass is 491 g/mol. The van der Waals surface area contributed by atoms with Crippen LogP contribution in [0.25, 0.3) is 0 Å². The third-order valence-electron chi connectivity index (χ3n) is 3.91. The fourth-order valence-corrected chi connectivity index (χ4v) is 2.88. The largest absolute Gasteiger partial charge is 0.482 e. The maximum absolute atomic E-state index is 12.1. The van der Waals surface area contributed by atoms with Crippen LogP contribution in [0, 0.1) is 10.1 Å². The number of nitro groups is 1. The third-order valence-corrected chi connectivity index (χ3v) is 4.44. The van der Waals surface area contributed by atoms with Crippen molar-refractivity contribution in [1.29, 1.82) is 0 Å². The molecule has 1 heterocycles. The van der Waals surface area contributed by atoms with E-state index < -0.39 is 29.0 Å². The van der Waals surface area contributed by atoms with Crippen molar-refractivity contribution in [3.8, 4) is 5.75 Å². The van der Waals surface area contributed by atoms with Crippen molar-refractivity contribution in [2.45, 2.75) is 0 Å². The molecule has 0 aliphatic rings. The van der Waals surface area contributed by atoms with E-state index in [-0.39, 0.29) is 22.4 Å². The zero-order valence-electron chi connectivity index (χ0n) is 16.5. The number of carbonyl (C=O) groups is 2. The zero-order chi connectivity index (χ0) is 23.8. The molecule has 33 heavy (non-hydrogen) atoms. The summed E-state index contributed by atoms with van der Waals surface area (Å²) >= 11 is 11.8. The van der Waals surface area contributed by atoms with Crippen molar-refractivity contribution >= 4 is 52.3 Å². The molecule has 3 aromatic rings. The van der Waals surface area contributed by atoms with Gasteiger partial charge >= 0.3 is 5.69 Å². The Hall–Kier alpha value is -4.16. The number of halogens is 2. The van der Waals surface area contributed by atoms with Gasteiger partial charge in [-0.3, -0.25) is 41.4 Å². The lowest BCUT2D eigenvalue weighted by Gasteiger charge is -2.12. The number of amides is 2. The maximum atomic E-state index is 12.1. The molecule has 4 N–H and O–H groups in total. The fourth-order valence-electron chi connectivity index (χ4n) is 2.41. The van der Waals surface area contributed by atoms with Gasteiger partial charge in [0.15, 0.2) is 6.61 Å². The lowest BCUT2D eigenvalue weighted by molar-refractivity contribution is -0.383. The lowest BCUT2D eigenvalue weighted by atomic mass is 10.2. The molecule has 0 fully saturated rings. The summed E-state index contributed by atoms with van der Waals surface area (Å²) in [5.74, 6) is -1.63. The summed E-state index contributed by atoms with van der Waals surface area (Å²) in [6.07, 6.45) is 1.00.